The van der Waals surface area contributed by atoms with Gasteiger partial charge in [0.05, 0.1) is 30.0 Å². The maximum absolute atomic E-state index is 13.0. The molecule has 1 aliphatic rings. The summed E-state index contributed by atoms with van der Waals surface area (Å²) in [5, 5.41) is 14.2. The van der Waals surface area contributed by atoms with Crippen LogP contribution in [0.25, 0.3) is 0 Å². The fourth-order valence-corrected chi connectivity index (χ4v) is 3.15. The molecule has 9 heteroatoms. The predicted octanol–water partition coefficient (Wildman–Crippen LogP) is 1.75. The third kappa shape index (κ3) is 3.71. The summed E-state index contributed by atoms with van der Waals surface area (Å²) in [6, 6.07) is 13.8. The van der Waals surface area contributed by atoms with E-state index in [1.807, 2.05) is 6.07 Å². The lowest BCUT2D eigenvalue weighted by Gasteiger charge is -2.22. The zero-order chi connectivity index (χ0) is 21.9. The molecule has 1 aliphatic heterocycles. The molecule has 2 aromatic carbocycles. The molecule has 1 saturated heterocycles. The van der Waals surface area contributed by atoms with Crippen LogP contribution in [0.5, 0.6) is 0 Å². The Kier molecular flexibility index (Phi) is 5.51. The highest BCUT2D eigenvalue weighted by Gasteiger charge is 2.49. The Balaban J connectivity index is 1.79. The van der Waals surface area contributed by atoms with Crippen molar-refractivity contribution in [2.75, 3.05) is 19.0 Å². The van der Waals surface area contributed by atoms with Gasteiger partial charge in [0, 0.05) is 0 Å². The van der Waals surface area contributed by atoms with Crippen LogP contribution in [-0.2, 0) is 19.9 Å². The summed E-state index contributed by atoms with van der Waals surface area (Å²) in [7, 11) is 1.22. The van der Waals surface area contributed by atoms with Gasteiger partial charge in [-0.15, -0.1) is 0 Å². The van der Waals surface area contributed by atoms with Crippen molar-refractivity contribution >= 4 is 29.5 Å². The molecule has 0 radical (unpaired) electrons. The van der Waals surface area contributed by atoms with Gasteiger partial charge in [0.25, 0.3) is 5.91 Å². The van der Waals surface area contributed by atoms with E-state index in [0.29, 0.717) is 11.1 Å². The van der Waals surface area contributed by atoms with E-state index in [0.717, 1.165) is 4.90 Å². The van der Waals surface area contributed by atoms with Gasteiger partial charge in [0.1, 0.15) is 12.1 Å². The molecule has 2 aromatic rings. The van der Waals surface area contributed by atoms with Gasteiger partial charge in [0.2, 0.25) is 5.91 Å². The van der Waals surface area contributed by atoms with Crippen LogP contribution >= 0.6 is 0 Å². The second-order valence-corrected chi connectivity index (χ2v) is 6.72. The zero-order valence-electron chi connectivity index (χ0n) is 16.3. The number of benzene rings is 2. The van der Waals surface area contributed by atoms with Crippen molar-refractivity contribution in [3.05, 3.63) is 65.2 Å². The van der Waals surface area contributed by atoms with E-state index in [1.54, 1.807) is 30.3 Å². The zero-order valence-corrected chi connectivity index (χ0v) is 16.3. The Morgan fingerprint density at radius 2 is 1.93 bits per heavy atom. The van der Waals surface area contributed by atoms with Crippen LogP contribution < -0.4 is 10.6 Å². The van der Waals surface area contributed by atoms with Crippen LogP contribution in [0, 0.1) is 11.3 Å². The molecule has 1 heterocycles. The fraction of sp³-hybridized carbons (Fsp3) is 0.190. The molecule has 0 saturated carbocycles. The van der Waals surface area contributed by atoms with Crippen molar-refractivity contribution < 1.29 is 23.9 Å². The number of ether oxygens (including phenoxy) is 1. The number of hydrogen-bond acceptors (Lipinski definition) is 6. The molecule has 0 spiro atoms. The minimum atomic E-state index is -1.41. The number of nitrogens with zero attached hydrogens (tertiary/aromatic N) is 2. The van der Waals surface area contributed by atoms with E-state index in [1.165, 1.54) is 32.2 Å². The van der Waals surface area contributed by atoms with E-state index in [9.17, 15) is 19.2 Å². The van der Waals surface area contributed by atoms with Crippen LogP contribution in [-0.4, -0.2) is 42.4 Å². The second kappa shape index (κ2) is 8.05. The third-order valence-electron chi connectivity index (χ3n) is 4.75. The summed E-state index contributed by atoms with van der Waals surface area (Å²) >= 11 is 0. The highest BCUT2D eigenvalue weighted by atomic mass is 16.5. The number of para-hydroxylation sites is 1. The molecule has 9 nitrogen and oxygen atoms in total. The first-order valence-corrected chi connectivity index (χ1v) is 8.92. The van der Waals surface area contributed by atoms with Crippen molar-refractivity contribution in [1.29, 1.82) is 5.26 Å². The highest BCUT2D eigenvalue weighted by Crippen LogP contribution is 2.29. The lowest BCUT2D eigenvalue weighted by Crippen LogP contribution is -2.42. The van der Waals surface area contributed by atoms with Gasteiger partial charge in [-0.05, 0) is 36.8 Å². The van der Waals surface area contributed by atoms with E-state index in [4.69, 9.17) is 5.26 Å². The SMILES string of the molecule is COC(=O)c1ccccc1NC(=O)CN1C(=O)NC(C)(c2cccc(C#N)c2)C1=O. The molecule has 152 valence electrons. The molecule has 1 unspecified atom stereocenters. The number of methoxy groups -OCH3 is 1. The molecular formula is C21H18N4O5. The maximum atomic E-state index is 13.0. The molecule has 1 atom stereocenters. The number of imide groups is 1. The summed E-state index contributed by atoms with van der Waals surface area (Å²) in [6.07, 6.45) is 0. The van der Waals surface area contributed by atoms with Gasteiger partial charge >= 0.3 is 12.0 Å². The Morgan fingerprint density at radius 1 is 1.20 bits per heavy atom. The standard InChI is InChI=1S/C21H18N4O5/c1-21(14-7-5-6-13(10-14)11-22)19(28)25(20(29)24-21)12-17(26)23-16-9-4-3-8-15(16)18(27)30-2/h3-10H,12H2,1-2H3,(H,23,26)(H,24,29). The van der Waals surface area contributed by atoms with Gasteiger partial charge < -0.3 is 15.4 Å². The quantitative estimate of drug-likeness (QED) is 0.575. The van der Waals surface area contributed by atoms with Gasteiger partial charge in [-0.25, -0.2) is 9.59 Å². The Hall–Kier alpha value is -4.19. The van der Waals surface area contributed by atoms with Crippen molar-refractivity contribution in [3.8, 4) is 6.07 Å². The molecule has 4 amide bonds. The fourth-order valence-electron chi connectivity index (χ4n) is 3.15. The van der Waals surface area contributed by atoms with E-state index in [-0.39, 0.29) is 11.3 Å². The third-order valence-corrected chi connectivity index (χ3v) is 4.75. The number of carbonyl (C=O) groups excluding carboxylic acids is 4. The van der Waals surface area contributed by atoms with Crippen LogP contribution in [0.2, 0.25) is 0 Å². The number of urea groups is 1. The average molecular weight is 406 g/mol. The van der Waals surface area contributed by atoms with Crippen LogP contribution in [0.3, 0.4) is 0 Å². The summed E-state index contributed by atoms with van der Waals surface area (Å²) in [5.41, 5.74) is -0.298. The molecule has 0 aromatic heterocycles. The van der Waals surface area contributed by atoms with Crippen LogP contribution in [0.1, 0.15) is 28.4 Å². The van der Waals surface area contributed by atoms with E-state index >= 15 is 0 Å². The smallest absolute Gasteiger partial charge is 0.339 e. The lowest BCUT2D eigenvalue weighted by atomic mass is 9.91. The summed E-state index contributed by atoms with van der Waals surface area (Å²) in [5.74, 6) is -1.92. The number of anilines is 1. The van der Waals surface area contributed by atoms with Crippen molar-refractivity contribution in [2.24, 2.45) is 0 Å². The predicted molar refractivity (Wildman–Crippen MR) is 105 cm³/mol. The van der Waals surface area contributed by atoms with Crippen molar-refractivity contribution in [1.82, 2.24) is 10.2 Å². The molecular weight excluding hydrogens is 388 g/mol. The molecule has 0 aliphatic carbocycles. The molecule has 1 fully saturated rings. The van der Waals surface area contributed by atoms with Gasteiger partial charge in [-0.2, -0.15) is 5.26 Å². The number of nitriles is 1. The summed E-state index contributed by atoms with van der Waals surface area (Å²) in [6.45, 7) is 0.960. The minimum absolute atomic E-state index is 0.142. The minimum Gasteiger partial charge on any atom is -0.465 e. The number of esters is 1. The molecule has 3 rings (SSSR count). The van der Waals surface area contributed by atoms with Crippen molar-refractivity contribution in [3.63, 3.8) is 0 Å². The highest BCUT2D eigenvalue weighted by molar-refractivity contribution is 6.11. The molecule has 2 N–H and O–H groups in total. The van der Waals surface area contributed by atoms with Gasteiger partial charge in [-0.1, -0.05) is 24.3 Å². The molecule has 30 heavy (non-hydrogen) atoms. The first-order valence-electron chi connectivity index (χ1n) is 8.92. The monoisotopic (exact) mass is 406 g/mol. The normalized spacial score (nSPS) is 17.8. The second-order valence-electron chi connectivity index (χ2n) is 6.72. The summed E-state index contributed by atoms with van der Waals surface area (Å²) < 4.78 is 4.68. The topological polar surface area (TPSA) is 129 Å². The first-order chi connectivity index (χ1) is 14.3. The first kappa shape index (κ1) is 20.5. The molecule has 0 bridgehead atoms. The Labute approximate surface area is 172 Å². The Bertz CT molecular complexity index is 1090. The van der Waals surface area contributed by atoms with Crippen molar-refractivity contribution in [2.45, 2.75) is 12.5 Å². The number of nitrogens with one attached hydrogen (secondary N) is 2. The number of hydrogen-bond donors (Lipinski definition) is 2. The maximum Gasteiger partial charge on any atom is 0.339 e. The van der Waals surface area contributed by atoms with Crippen LogP contribution in [0.4, 0.5) is 10.5 Å². The number of carbonyl (C=O) groups is 4. The van der Waals surface area contributed by atoms with E-state index < -0.39 is 35.9 Å². The Morgan fingerprint density at radius 3 is 2.63 bits per heavy atom. The van der Waals surface area contributed by atoms with Gasteiger partial charge in [-0.3, -0.25) is 14.5 Å². The summed E-state index contributed by atoms with van der Waals surface area (Å²) in [4.78, 5) is 50.5. The number of rotatable bonds is 5. The lowest BCUT2D eigenvalue weighted by molar-refractivity contribution is -0.133. The average Bonchev–Trinajstić information content (AvgIpc) is 2.97. The van der Waals surface area contributed by atoms with Gasteiger partial charge in [0.15, 0.2) is 0 Å². The largest absolute Gasteiger partial charge is 0.465 e. The van der Waals surface area contributed by atoms with E-state index in [2.05, 4.69) is 15.4 Å². The number of amides is 4. The van der Waals surface area contributed by atoms with Crippen LogP contribution in [0.15, 0.2) is 48.5 Å².